The minimum absolute atomic E-state index is 0.0730. The predicted molar refractivity (Wildman–Crippen MR) is 152 cm³/mol. The molecule has 6 heteroatoms. The molecule has 0 aliphatic heterocycles. The van der Waals surface area contributed by atoms with E-state index in [-0.39, 0.29) is 10.3 Å². The first-order valence-electron chi connectivity index (χ1n) is 12.0. The first kappa shape index (κ1) is 27.9. The van der Waals surface area contributed by atoms with Gasteiger partial charge in [0.25, 0.3) is 10.1 Å². The number of rotatable bonds is 7. The minimum atomic E-state index is -4.09. The van der Waals surface area contributed by atoms with E-state index in [1.54, 1.807) is 12.1 Å². The third-order valence-electron chi connectivity index (χ3n) is 5.81. The van der Waals surface area contributed by atoms with Crippen molar-refractivity contribution in [2.24, 2.45) is 0 Å². The highest BCUT2D eigenvalue weighted by atomic mass is 32.2. The van der Waals surface area contributed by atoms with E-state index in [0.29, 0.717) is 5.25 Å². The fourth-order valence-electron chi connectivity index (χ4n) is 3.91. The molecule has 0 fully saturated rings. The van der Waals surface area contributed by atoms with E-state index < -0.39 is 10.1 Å². The van der Waals surface area contributed by atoms with Gasteiger partial charge in [0, 0.05) is 10.1 Å². The maximum absolute atomic E-state index is 10.8. The summed E-state index contributed by atoms with van der Waals surface area (Å²) in [5.41, 5.74) is 3.02. The van der Waals surface area contributed by atoms with E-state index in [4.69, 9.17) is 4.55 Å². The topological polar surface area (TPSA) is 66.4 Å². The number of fused-ring (bicyclic) bond motifs is 1. The van der Waals surface area contributed by atoms with Crippen LogP contribution >= 0.6 is 11.8 Å². The third-order valence-corrected chi connectivity index (χ3v) is 8.06. The summed E-state index contributed by atoms with van der Waals surface area (Å²) in [5, 5.41) is 5.51. The second-order valence-corrected chi connectivity index (χ2v) is 12.3. The Kier molecular flexibility index (Phi) is 9.74. The lowest BCUT2D eigenvalue weighted by atomic mass is 9.87. The van der Waals surface area contributed by atoms with Gasteiger partial charge in [-0.3, -0.25) is 4.55 Å². The zero-order valence-corrected chi connectivity index (χ0v) is 22.9. The maximum Gasteiger partial charge on any atom is 0.294 e. The van der Waals surface area contributed by atoms with Crippen LogP contribution in [-0.2, 0) is 15.5 Å². The van der Waals surface area contributed by atoms with Crippen LogP contribution in [0.15, 0.2) is 107 Å². The Morgan fingerprint density at radius 1 is 0.833 bits per heavy atom. The number of hydrogen-bond acceptors (Lipinski definition) is 4. The Balaban J connectivity index is 0.000000221. The molecule has 0 saturated carbocycles. The summed E-state index contributed by atoms with van der Waals surface area (Å²) in [6, 6.07) is 31.5. The highest BCUT2D eigenvalue weighted by Crippen LogP contribution is 2.42. The zero-order chi connectivity index (χ0) is 26.2. The Hall–Kier alpha value is -2.64. The molecule has 0 amide bonds. The molecule has 0 aliphatic rings. The molecule has 4 aromatic rings. The number of hydrogen-bond donors (Lipinski definition) is 2. The molecule has 0 saturated heterocycles. The van der Waals surface area contributed by atoms with Crippen LogP contribution in [0.2, 0.25) is 0 Å². The molecule has 190 valence electrons. The number of thioether (sulfide) groups is 1. The fraction of sp³-hybridized carbons (Fsp3) is 0.267. The Labute approximate surface area is 219 Å². The van der Waals surface area contributed by atoms with E-state index in [1.807, 2.05) is 37.0 Å². The Morgan fingerprint density at radius 3 is 2.08 bits per heavy atom. The molecule has 4 nitrogen and oxygen atoms in total. The van der Waals surface area contributed by atoms with Gasteiger partial charge in [-0.05, 0) is 65.5 Å². The van der Waals surface area contributed by atoms with Crippen LogP contribution in [0, 0.1) is 0 Å². The van der Waals surface area contributed by atoms with Crippen LogP contribution in [0.5, 0.6) is 0 Å². The van der Waals surface area contributed by atoms with Gasteiger partial charge in [-0.2, -0.15) is 8.42 Å². The van der Waals surface area contributed by atoms with Crippen molar-refractivity contribution >= 4 is 32.7 Å². The molecule has 0 aromatic heterocycles. The summed E-state index contributed by atoms with van der Waals surface area (Å²) < 4.78 is 30.5. The molecule has 0 aliphatic carbocycles. The lowest BCUT2D eigenvalue weighted by Crippen LogP contribution is -2.14. The summed E-state index contributed by atoms with van der Waals surface area (Å²) in [4.78, 5) is 1.33. The van der Waals surface area contributed by atoms with Gasteiger partial charge in [-0.25, -0.2) is 0 Å². The smallest absolute Gasteiger partial charge is 0.294 e. The molecule has 4 rings (SSSR count). The summed E-state index contributed by atoms with van der Waals surface area (Å²) in [6.07, 6.45) is 1.13. The van der Waals surface area contributed by atoms with Crippen LogP contribution in [0.1, 0.15) is 43.6 Å². The molecule has 0 spiro atoms. The summed E-state index contributed by atoms with van der Waals surface area (Å²) in [5.74, 6) is 0. The van der Waals surface area contributed by atoms with E-state index in [2.05, 4.69) is 80.7 Å². The Bertz CT molecular complexity index is 1360. The zero-order valence-electron chi connectivity index (χ0n) is 21.3. The van der Waals surface area contributed by atoms with Crippen LogP contribution in [0.3, 0.4) is 0 Å². The van der Waals surface area contributed by atoms with Crippen molar-refractivity contribution in [1.82, 2.24) is 5.32 Å². The van der Waals surface area contributed by atoms with Crippen LogP contribution in [-0.4, -0.2) is 26.6 Å². The monoisotopic (exact) mass is 521 g/mol. The molecule has 0 bridgehead atoms. The van der Waals surface area contributed by atoms with Crippen LogP contribution in [0.25, 0.3) is 10.8 Å². The molecule has 1 atom stereocenters. The second-order valence-electron chi connectivity index (χ2n) is 9.64. The van der Waals surface area contributed by atoms with Gasteiger partial charge in [-0.1, -0.05) is 99.6 Å². The largest absolute Gasteiger partial charge is 0.320 e. The quantitative estimate of drug-likeness (QED) is 0.195. The van der Waals surface area contributed by atoms with E-state index >= 15 is 0 Å². The number of nitrogens with one attached hydrogen (secondary N) is 1. The van der Waals surface area contributed by atoms with Crippen LogP contribution < -0.4 is 5.32 Å². The van der Waals surface area contributed by atoms with Crippen molar-refractivity contribution in [2.45, 2.75) is 47.6 Å². The first-order valence-corrected chi connectivity index (χ1v) is 14.3. The normalized spacial score (nSPS) is 12.6. The molecule has 0 heterocycles. The van der Waals surface area contributed by atoms with E-state index in [9.17, 15) is 8.42 Å². The van der Waals surface area contributed by atoms with Crippen LogP contribution in [0.4, 0.5) is 0 Å². The fourth-order valence-corrected chi connectivity index (χ4v) is 5.92. The predicted octanol–water partition coefficient (Wildman–Crippen LogP) is 7.51. The molecule has 36 heavy (non-hydrogen) atoms. The molecular formula is C30H35NO3S2. The van der Waals surface area contributed by atoms with Crippen molar-refractivity contribution in [3.8, 4) is 0 Å². The van der Waals surface area contributed by atoms with Crippen molar-refractivity contribution < 1.29 is 13.0 Å². The van der Waals surface area contributed by atoms with Gasteiger partial charge < -0.3 is 5.32 Å². The SMILES string of the molecule is CNCC[C@H](Sc1ccccc1C(C)(C)C)c1ccccc1.O=S(=O)(O)c1ccc2ccccc2c1. The third kappa shape index (κ3) is 7.93. The first-order chi connectivity index (χ1) is 17.1. The summed E-state index contributed by atoms with van der Waals surface area (Å²) in [6.45, 7) is 7.90. The molecule has 0 radical (unpaired) electrons. The van der Waals surface area contributed by atoms with Gasteiger partial charge >= 0.3 is 0 Å². The summed E-state index contributed by atoms with van der Waals surface area (Å²) >= 11 is 2.00. The van der Waals surface area contributed by atoms with Crippen molar-refractivity contribution in [3.05, 3.63) is 108 Å². The molecular weight excluding hydrogens is 486 g/mol. The number of benzene rings is 4. The molecule has 2 N–H and O–H groups in total. The van der Waals surface area contributed by atoms with Gasteiger partial charge in [-0.15, -0.1) is 11.8 Å². The lowest BCUT2D eigenvalue weighted by molar-refractivity contribution is 0.483. The Morgan fingerprint density at radius 2 is 1.44 bits per heavy atom. The average Bonchev–Trinajstić information content (AvgIpc) is 2.86. The highest BCUT2D eigenvalue weighted by molar-refractivity contribution is 7.99. The lowest BCUT2D eigenvalue weighted by Gasteiger charge is -2.25. The second kappa shape index (κ2) is 12.5. The van der Waals surface area contributed by atoms with Gasteiger partial charge in [0.1, 0.15) is 0 Å². The van der Waals surface area contributed by atoms with Gasteiger partial charge in [0.2, 0.25) is 0 Å². The van der Waals surface area contributed by atoms with E-state index in [0.717, 1.165) is 23.7 Å². The highest BCUT2D eigenvalue weighted by Gasteiger charge is 2.21. The standard InChI is InChI=1S/C20H27NS.C10H8O3S/c1-20(2,3)17-12-8-9-13-19(17)22-18(14-15-21-4)16-10-6-5-7-11-16;11-14(12,13)10-6-5-8-3-1-2-4-9(8)7-10/h5-13,18,21H,14-15H2,1-4H3;1-7H,(H,11,12,13)/t18-;/m0./s1. The van der Waals surface area contributed by atoms with Gasteiger partial charge in [0.05, 0.1) is 4.90 Å². The minimum Gasteiger partial charge on any atom is -0.320 e. The van der Waals surface area contributed by atoms with Crippen molar-refractivity contribution in [2.75, 3.05) is 13.6 Å². The molecule has 4 aromatic carbocycles. The summed E-state index contributed by atoms with van der Waals surface area (Å²) in [7, 11) is -2.07. The van der Waals surface area contributed by atoms with E-state index in [1.165, 1.54) is 28.2 Å². The van der Waals surface area contributed by atoms with Crippen molar-refractivity contribution in [1.29, 1.82) is 0 Å². The average molecular weight is 522 g/mol. The maximum atomic E-state index is 10.8. The molecule has 0 unspecified atom stereocenters. The van der Waals surface area contributed by atoms with Gasteiger partial charge in [0.15, 0.2) is 0 Å². The van der Waals surface area contributed by atoms with Crippen molar-refractivity contribution in [3.63, 3.8) is 0 Å².